The summed E-state index contributed by atoms with van der Waals surface area (Å²) < 4.78 is 26.7. The van der Waals surface area contributed by atoms with Crippen molar-refractivity contribution in [3.8, 4) is 0 Å². The maximum Gasteiger partial charge on any atom is 0.301 e. The summed E-state index contributed by atoms with van der Waals surface area (Å²) in [5, 5.41) is 0. The third kappa shape index (κ3) is 4.29. The highest BCUT2D eigenvalue weighted by molar-refractivity contribution is 9.10. The molecule has 0 aliphatic heterocycles. The molecule has 0 fully saturated rings. The zero-order valence-electron chi connectivity index (χ0n) is 11.1. The lowest BCUT2D eigenvalue weighted by molar-refractivity contribution is 0.0990. The minimum Gasteiger partial charge on any atom is -0.293 e. The van der Waals surface area contributed by atoms with E-state index in [4.69, 9.17) is 0 Å². The SMILES string of the molecule is CCC(Br)C(=O)c1ccc(NS(=O)(=O)N(C)C)cc1. The summed E-state index contributed by atoms with van der Waals surface area (Å²) in [4.78, 5) is 11.7. The number of halogens is 1. The van der Waals surface area contributed by atoms with Crippen molar-refractivity contribution in [1.82, 2.24) is 4.31 Å². The Morgan fingerprint density at radius 3 is 2.26 bits per heavy atom. The number of nitrogens with one attached hydrogen (secondary N) is 1. The van der Waals surface area contributed by atoms with Crippen LogP contribution >= 0.6 is 15.9 Å². The number of carbonyl (C=O) groups excluding carboxylic acids is 1. The highest BCUT2D eigenvalue weighted by Gasteiger charge is 2.16. The molecule has 0 aliphatic rings. The number of hydrogen-bond donors (Lipinski definition) is 1. The lowest BCUT2D eigenvalue weighted by atomic mass is 10.1. The number of alkyl halides is 1. The van der Waals surface area contributed by atoms with Gasteiger partial charge >= 0.3 is 10.2 Å². The van der Waals surface area contributed by atoms with Crippen LogP contribution in [0.25, 0.3) is 0 Å². The number of hydrogen-bond acceptors (Lipinski definition) is 3. The number of carbonyl (C=O) groups is 1. The van der Waals surface area contributed by atoms with Gasteiger partial charge in [0.15, 0.2) is 5.78 Å². The molecule has 0 aliphatic carbocycles. The average Bonchev–Trinajstić information content (AvgIpc) is 2.37. The van der Waals surface area contributed by atoms with E-state index in [2.05, 4.69) is 20.7 Å². The maximum absolute atomic E-state index is 11.9. The summed E-state index contributed by atoms with van der Waals surface area (Å²) in [6, 6.07) is 6.37. The largest absolute Gasteiger partial charge is 0.301 e. The van der Waals surface area contributed by atoms with E-state index in [-0.39, 0.29) is 10.6 Å². The molecule has 0 radical (unpaired) electrons. The average molecular weight is 349 g/mol. The molecule has 1 unspecified atom stereocenters. The Morgan fingerprint density at radius 2 is 1.84 bits per heavy atom. The van der Waals surface area contributed by atoms with Crippen molar-refractivity contribution in [3.63, 3.8) is 0 Å². The molecule has 0 heterocycles. The third-order valence-corrected chi connectivity index (χ3v) is 5.06. The number of ketones is 1. The summed E-state index contributed by atoms with van der Waals surface area (Å²) in [7, 11) is -0.633. The molecule has 1 aromatic rings. The van der Waals surface area contributed by atoms with Crippen LogP contribution in [-0.4, -0.2) is 37.4 Å². The molecule has 7 heteroatoms. The summed E-state index contributed by atoms with van der Waals surface area (Å²) in [5.74, 6) is -0.00971. The van der Waals surface area contributed by atoms with E-state index >= 15 is 0 Å². The number of nitrogens with zero attached hydrogens (tertiary/aromatic N) is 1. The van der Waals surface area contributed by atoms with E-state index in [9.17, 15) is 13.2 Å². The highest BCUT2D eigenvalue weighted by atomic mass is 79.9. The first-order valence-corrected chi connectivity index (χ1v) is 8.12. The molecule has 0 amide bonds. The Labute approximate surface area is 122 Å². The Balaban J connectivity index is 2.86. The van der Waals surface area contributed by atoms with Crippen molar-refractivity contribution >= 4 is 37.6 Å². The van der Waals surface area contributed by atoms with Gasteiger partial charge in [0.2, 0.25) is 0 Å². The molecular formula is C12H17BrN2O3S. The van der Waals surface area contributed by atoms with Gasteiger partial charge in [-0.15, -0.1) is 0 Å². The lowest BCUT2D eigenvalue weighted by Gasteiger charge is -2.13. The fourth-order valence-corrected chi connectivity index (χ4v) is 2.19. The van der Waals surface area contributed by atoms with Crippen LogP contribution in [0.4, 0.5) is 5.69 Å². The predicted molar refractivity (Wildman–Crippen MR) is 80.0 cm³/mol. The molecule has 106 valence electrons. The molecule has 5 nitrogen and oxygen atoms in total. The zero-order valence-corrected chi connectivity index (χ0v) is 13.5. The Hall–Kier alpha value is -0.920. The third-order valence-electron chi connectivity index (χ3n) is 2.54. The van der Waals surface area contributed by atoms with Crippen LogP contribution in [0.1, 0.15) is 23.7 Å². The molecule has 0 saturated heterocycles. The van der Waals surface area contributed by atoms with Gasteiger partial charge in [-0.1, -0.05) is 22.9 Å². The van der Waals surface area contributed by atoms with Crippen LogP contribution in [0.2, 0.25) is 0 Å². The van der Waals surface area contributed by atoms with Crippen LogP contribution in [0, 0.1) is 0 Å². The number of Topliss-reactive ketones (excluding diaryl/α,β-unsaturated/α-hetero) is 1. The van der Waals surface area contributed by atoms with Crippen LogP contribution in [0.15, 0.2) is 24.3 Å². The first-order chi connectivity index (χ1) is 8.77. The van der Waals surface area contributed by atoms with Gasteiger partial charge in [0.1, 0.15) is 0 Å². The lowest BCUT2D eigenvalue weighted by Crippen LogP contribution is -2.28. The maximum atomic E-state index is 11.9. The molecule has 1 N–H and O–H groups in total. The first-order valence-electron chi connectivity index (χ1n) is 5.76. The van der Waals surface area contributed by atoms with Gasteiger partial charge in [0, 0.05) is 25.3 Å². The summed E-state index contributed by atoms with van der Waals surface area (Å²) >= 11 is 3.30. The highest BCUT2D eigenvalue weighted by Crippen LogP contribution is 2.17. The Morgan fingerprint density at radius 1 is 1.32 bits per heavy atom. The van der Waals surface area contributed by atoms with Crippen LogP contribution < -0.4 is 4.72 Å². The predicted octanol–water partition coefficient (Wildman–Crippen LogP) is 2.26. The smallest absolute Gasteiger partial charge is 0.293 e. The molecule has 1 rings (SSSR count). The second-order valence-electron chi connectivity index (χ2n) is 4.21. The fraction of sp³-hybridized carbons (Fsp3) is 0.417. The van der Waals surface area contributed by atoms with E-state index in [1.807, 2.05) is 6.92 Å². The van der Waals surface area contributed by atoms with E-state index in [1.165, 1.54) is 14.1 Å². The fourth-order valence-electron chi connectivity index (χ4n) is 1.31. The second kappa shape index (κ2) is 6.49. The van der Waals surface area contributed by atoms with Crippen molar-refractivity contribution in [1.29, 1.82) is 0 Å². The van der Waals surface area contributed by atoms with Crippen LogP contribution in [-0.2, 0) is 10.2 Å². The molecule has 0 spiro atoms. The van der Waals surface area contributed by atoms with Gasteiger partial charge in [-0.3, -0.25) is 9.52 Å². The first kappa shape index (κ1) is 16.1. The Bertz CT molecular complexity index is 541. The van der Waals surface area contributed by atoms with Crippen molar-refractivity contribution < 1.29 is 13.2 Å². The van der Waals surface area contributed by atoms with Gasteiger partial charge in [-0.2, -0.15) is 12.7 Å². The van der Waals surface area contributed by atoms with Gasteiger partial charge in [0.25, 0.3) is 0 Å². The van der Waals surface area contributed by atoms with Gasteiger partial charge < -0.3 is 0 Å². The standard InChI is InChI=1S/C12H17BrN2O3S/c1-4-11(13)12(16)9-5-7-10(8-6-9)14-19(17,18)15(2)3/h5-8,11,14H,4H2,1-3H3. The van der Waals surface area contributed by atoms with E-state index in [1.54, 1.807) is 24.3 Å². The van der Waals surface area contributed by atoms with Crippen molar-refractivity contribution in [3.05, 3.63) is 29.8 Å². The number of anilines is 1. The minimum absolute atomic E-state index is 0.00971. The molecule has 1 aromatic carbocycles. The minimum atomic E-state index is -3.52. The molecule has 0 saturated carbocycles. The summed E-state index contributed by atoms with van der Waals surface area (Å²) in [6.45, 7) is 1.91. The molecule has 19 heavy (non-hydrogen) atoms. The monoisotopic (exact) mass is 348 g/mol. The van der Waals surface area contributed by atoms with Gasteiger partial charge in [-0.25, -0.2) is 0 Å². The van der Waals surface area contributed by atoms with Crippen molar-refractivity contribution in [2.75, 3.05) is 18.8 Å². The van der Waals surface area contributed by atoms with Gasteiger partial charge in [0.05, 0.1) is 4.83 Å². The van der Waals surface area contributed by atoms with Crippen molar-refractivity contribution in [2.45, 2.75) is 18.2 Å². The molecular weight excluding hydrogens is 332 g/mol. The molecule has 0 bridgehead atoms. The topological polar surface area (TPSA) is 66.5 Å². The normalized spacial score (nSPS) is 13.3. The number of benzene rings is 1. The van der Waals surface area contributed by atoms with Gasteiger partial charge in [-0.05, 0) is 30.7 Å². The zero-order chi connectivity index (χ0) is 14.6. The van der Waals surface area contributed by atoms with Crippen molar-refractivity contribution in [2.24, 2.45) is 0 Å². The molecule has 0 aromatic heterocycles. The van der Waals surface area contributed by atoms with E-state index in [0.717, 1.165) is 4.31 Å². The molecule has 1 atom stereocenters. The Kier molecular flexibility index (Phi) is 5.51. The second-order valence-corrected chi connectivity index (χ2v) is 7.20. The van der Waals surface area contributed by atoms with Crippen LogP contribution in [0.5, 0.6) is 0 Å². The van der Waals surface area contributed by atoms with E-state index < -0.39 is 10.2 Å². The van der Waals surface area contributed by atoms with E-state index in [0.29, 0.717) is 17.7 Å². The summed E-state index contributed by atoms with van der Waals surface area (Å²) in [5.41, 5.74) is 0.976. The van der Waals surface area contributed by atoms with Crippen LogP contribution in [0.3, 0.4) is 0 Å². The summed E-state index contributed by atoms with van der Waals surface area (Å²) in [6.07, 6.45) is 0.702. The quantitative estimate of drug-likeness (QED) is 0.633. The number of rotatable bonds is 6.